The number of fused-ring (bicyclic) bond motifs is 5. The highest BCUT2D eigenvalue weighted by atomic mass is 16.7. The summed E-state index contributed by atoms with van der Waals surface area (Å²) >= 11 is 0. The van der Waals surface area contributed by atoms with Crippen molar-refractivity contribution in [2.24, 2.45) is 40.4 Å². The van der Waals surface area contributed by atoms with Gasteiger partial charge in [0.25, 0.3) is 0 Å². The molecule has 4 fully saturated rings. The molecular formula is C27H38O7. The molecule has 188 valence electrons. The Bertz CT molecular complexity index is 1010. The molecule has 5 rings (SSSR count). The Labute approximate surface area is 200 Å². The van der Waals surface area contributed by atoms with Gasteiger partial charge in [0, 0.05) is 5.92 Å². The minimum Gasteiger partial charge on any atom is -0.431 e. The molecule has 4 aliphatic carbocycles. The average molecular weight is 475 g/mol. The molecule has 0 radical (unpaired) electrons. The lowest BCUT2D eigenvalue weighted by Gasteiger charge is -2.61. The maximum Gasteiger partial charge on any atom is 0.519 e. The summed E-state index contributed by atoms with van der Waals surface area (Å²) in [7, 11) is 0. The first-order valence-corrected chi connectivity index (χ1v) is 13.0. The first kappa shape index (κ1) is 23.7. The second-order valence-electron chi connectivity index (χ2n) is 11.9. The molecule has 1 aromatic rings. The summed E-state index contributed by atoms with van der Waals surface area (Å²) < 4.78 is 20.5. The van der Waals surface area contributed by atoms with Crippen molar-refractivity contribution >= 4 is 11.9 Å². The van der Waals surface area contributed by atoms with Gasteiger partial charge in [-0.2, -0.15) is 0 Å². The highest BCUT2D eigenvalue weighted by Crippen LogP contribution is 2.67. The molecule has 4 aliphatic rings. The Kier molecular flexibility index (Phi) is 5.96. The largest absolute Gasteiger partial charge is 0.519 e. The molecule has 4 saturated carbocycles. The third-order valence-corrected chi connectivity index (χ3v) is 10.5. The van der Waals surface area contributed by atoms with Crippen LogP contribution in [-0.4, -0.2) is 18.0 Å². The Morgan fingerprint density at radius 1 is 0.971 bits per heavy atom. The molecule has 34 heavy (non-hydrogen) atoms. The van der Waals surface area contributed by atoms with E-state index in [0.717, 1.165) is 31.6 Å². The zero-order valence-electron chi connectivity index (χ0n) is 20.9. The lowest BCUT2D eigenvalue weighted by molar-refractivity contribution is -0.140. The fourth-order valence-electron chi connectivity index (χ4n) is 8.79. The summed E-state index contributed by atoms with van der Waals surface area (Å²) in [6.07, 6.45) is 8.99. The third-order valence-electron chi connectivity index (χ3n) is 10.5. The number of hydrogen-bond donors (Lipinski definition) is 0. The number of carbonyl (C=O) groups excluding carboxylic acids is 2. The SMILES string of the molecule is CC(=O)[C@H]1CC[C@H]2[C@@H]3CC[C@H]4C[C@H](OC(=O)OCc5oc(=O)oc5C)CC[C@]4(C)[C@H]3CC[C@]12C. The standard InChI is InChI=1S/C27H38O7/c1-15(28)20-7-8-21-19-6-5-17-13-18(9-11-26(17,3)22(19)10-12-27(20,21)4)33-24(29)31-14-23-16(2)32-25(30)34-23/h17-22H,5-14H2,1-4H3/t17-,18+,19-,20+,21-,22-,26-,27+/m0/s1. The van der Waals surface area contributed by atoms with E-state index in [1.54, 1.807) is 13.8 Å². The molecule has 1 heterocycles. The van der Waals surface area contributed by atoms with Crippen LogP contribution in [0, 0.1) is 47.3 Å². The van der Waals surface area contributed by atoms with Gasteiger partial charge in [0.15, 0.2) is 18.1 Å². The van der Waals surface area contributed by atoms with E-state index in [4.69, 9.17) is 18.3 Å². The van der Waals surface area contributed by atoms with E-state index >= 15 is 0 Å². The lowest BCUT2D eigenvalue weighted by atomic mass is 9.44. The van der Waals surface area contributed by atoms with Crippen LogP contribution in [0.1, 0.15) is 90.1 Å². The number of carbonyl (C=O) groups is 2. The summed E-state index contributed by atoms with van der Waals surface area (Å²) in [5, 5.41) is 0. The fraction of sp³-hybridized carbons (Fsp3) is 0.815. The van der Waals surface area contributed by atoms with Gasteiger partial charge in [-0.05, 0) is 106 Å². The smallest absolute Gasteiger partial charge is 0.431 e. The van der Waals surface area contributed by atoms with Crippen LogP contribution in [0.4, 0.5) is 4.79 Å². The molecule has 7 nitrogen and oxygen atoms in total. The van der Waals surface area contributed by atoms with Crippen molar-refractivity contribution in [2.45, 2.75) is 98.2 Å². The van der Waals surface area contributed by atoms with Gasteiger partial charge < -0.3 is 18.3 Å². The zero-order chi connectivity index (χ0) is 24.3. The summed E-state index contributed by atoms with van der Waals surface area (Å²) in [6.45, 7) is 8.09. The van der Waals surface area contributed by atoms with Crippen LogP contribution >= 0.6 is 0 Å². The fourth-order valence-corrected chi connectivity index (χ4v) is 8.79. The Morgan fingerprint density at radius 3 is 2.41 bits per heavy atom. The second-order valence-corrected chi connectivity index (χ2v) is 11.9. The topological polar surface area (TPSA) is 96.0 Å². The van der Waals surface area contributed by atoms with Gasteiger partial charge in [-0.3, -0.25) is 4.79 Å². The van der Waals surface area contributed by atoms with Gasteiger partial charge in [-0.25, -0.2) is 9.59 Å². The first-order chi connectivity index (χ1) is 16.1. The van der Waals surface area contributed by atoms with Crippen LogP contribution in [-0.2, 0) is 20.9 Å². The van der Waals surface area contributed by atoms with Crippen LogP contribution in [0.5, 0.6) is 0 Å². The van der Waals surface area contributed by atoms with Crippen molar-refractivity contribution in [1.82, 2.24) is 0 Å². The van der Waals surface area contributed by atoms with Gasteiger partial charge in [-0.15, -0.1) is 0 Å². The molecule has 0 spiro atoms. The molecule has 0 N–H and O–H groups in total. The van der Waals surface area contributed by atoms with E-state index < -0.39 is 12.0 Å². The number of ether oxygens (including phenoxy) is 2. The number of rotatable bonds is 4. The normalized spacial score (nSPS) is 41.2. The minimum absolute atomic E-state index is 0.137. The summed E-state index contributed by atoms with van der Waals surface area (Å²) in [5.74, 6) is 3.00. The van der Waals surface area contributed by atoms with E-state index in [1.807, 2.05) is 0 Å². The van der Waals surface area contributed by atoms with Crippen molar-refractivity contribution in [2.75, 3.05) is 0 Å². The molecule has 0 unspecified atom stereocenters. The van der Waals surface area contributed by atoms with E-state index in [1.165, 1.54) is 32.1 Å². The van der Waals surface area contributed by atoms with Crippen molar-refractivity contribution in [1.29, 1.82) is 0 Å². The Morgan fingerprint density at radius 2 is 1.71 bits per heavy atom. The van der Waals surface area contributed by atoms with Gasteiger partial charge in [-0.1, -0.05) is 13.8 Å². The van der Waals surface area contributed by atoms with Gasteiger partial charge in [0.2, 0.25) is 0 Å². The first-order valence-electron chi connectivity index (χ1n) is 13.0. The third kappa shape index (κ3) is 3.83. The maximum absolute atomic E-state index is 12.4. The molecule has 0 aromatic carbocycles. The summed E-state index contributed by atoms with van der Waals surface area (Å²) in [6, 6.07) is 0. The van der Waals surface area contributed by atoms with Crippen LogP contribution in [0.3, 0.4) is 0 Å². The van der Waals surface area contributed by atoms with Crippen molar-refractivity contribution in [3.63, 3.8) is 0 Å². The van der Waals surface area contributed by atoms with Gasteiger partial charge >= 0.3 is 12.0 Å². The van der Waals surface area contributed by atoms with Crippen LogP contribution in [0.25, 0.3) is 0 Å². The predicted octanol–water partition coefficient (Wildman–Crippen LogP) is 5.81. The number of ketones is 1. The Hall–Kier alpha value is -2.05. The molecule has 8 atom stereocenters. The summed E-state index contributed by atoms with van der Waals surface area (Å²) in [4.78, 5) is 35.8. The average Bonchev–Trinajstić information content (AvgIpc) is 3.30. The highest BCUT2D eigenvalue weighted by Gasteiger charge is 2.61. The zero-order valence-corrected chi connectivity index (χ0v) is 20.9. The monoisotopic (exact) mass is 474 g/mol. The number of aryl methyl sites for hydroxylation is 1. The lowest BCUT2D eigenvalue weighted by Crippen LogP contribution is -2.54. The van der Waals surface area contributed by atoms with Gasteiger partial charge in [0.1, 0.15) is 11.9 Å². The van der Waals surface area contributed by atoms with E-state index in [-0.39, 0.29) is 35.2 Å². The number of Topliss-reactive ketones (excluding diaryl/α,β-unsaturated/α-hetero) is 1. The predicted molar refractivity (Wildman–Crippen MR) is 123 cm³/mol. The van der Waals surface area contributed by atoms with Crippen molar-refractivity contribution in [3.8, 4) is 0 Å². The maximum atomic E-state index is 12.4. The Balaban J connectivity index is 1.20. The summed E-state index contributed by atoms with van der Waals surface area (Å²) in [5.41, 5.74) is 0.465. The molecule has 7 heteroatoms. The van der Waals surface area contributed by atoms with E-state index in [0.29, 0.717) is 29.3 Å². The van der Waals surface area contributed by atoms with E-state index in [9.17, 15) is 14.4 Å². The number of hydrogen-bond acceptors (Lipinski definition) is 7. The molecule has 1 aromatic heterocycles. The molecule has 0 amide bonds. The quantitative estimate of drug-likeness (QED) is 0.508. The molecular weight excluding hydrogens is 436 g/mol. The second kappa shape index (κ2) is 8.56. The van der Waals surface area contributed by atoms with Crippen molar-refractivity contribution in [3.05, 3.63) is 22.1 Å². The molecule has 0 saturated heterocycles. The molecule has 0 aliphatic heterocycles. The van der Waals surface area contributed by atoms with E-state index in [2.05, 4.69) is 13.8 Å². The van der Waals surface area contributed by atoms with Crippen LogP contribution in [0.2, 0.25) is 0 Å². The van der Waals surface area contributed by atoms with Crippen LogP contribution < -0.4 is 5.82 Å². The van der Waals surface area contributed by atoms with Crippen molar-refractivity contribution < 1.29 is 27.9 Å². The molecule has 0 bridgehead atoms. The highest BCUT2D eigenvalue weighted by molar-refractivity contribution is 5.79. The van der Waals surface area contributed by atoms with Crippen LogP contribution in [0.15, 0.2) is 13.6 Å². The minimum atomic E-state index is -0.802. The van der Waals surface area contributed by atoms with Gasteiger partial charge in [0.05, 0.1) is 0 Å².